The largest absolute Gasteiger partial charge is 0.338 e. The van der Waals surface area contributed by atoms with Crippen LogP contribution in [0.15, 0.2) is 24.3 Å². The van der Waals surface area contributed by atoms with Gasteiger partial charge >= 0.3 is 0 Å². The van der Waals surface area contributed by atoms with Gasteiger partial charge in [-0.15, -0.1) is 10.2 Å². The molecule has 3 rings (SSSR count). The Hall–Kier alpha value is -2.24. The number of benzene rings is 1. The van der Waals surface area contributed by atoms with Gasteiger partial charge in [0.2, 0.25) is 0 Å². The molecule has 1 aromatic heterocycles. The molecular formula is C15H19N5O. The summed E-state index contributed by atoms with van der Waals surface area (Å²) in [5.74, 6) is 0.993. The van der Waals surface area contributed by atoms with Gasteiger partial charge in [-0.3, -0.25) is 4.79 Å². The maximum atomic E-state index is 12.8. The Balaban J connectivity index is 1.78. The van der Waals surface area contributed by atoms with Crippen molar-refractivity contribution in [3.8, 4) is 0 Å². The van der Waals surface area contributed by atoms with Crippen molar-refractivity contribution in [1.82, 2.24) is 25.5 Å². The summed E-state index contributed by atoms with van der Waals surface area (Å²) in [6, 6.07) is 7.84. The van der Waals surface area contributed by atoms with Crippen molar-refractivity contribution in [2.45, 2.75) is 32.1 Å². The first-order chi connectivity index (χ1) is 10.3. The number of aromatic amines is 1. The highest BCUT2D eigenvalue weighted by Gasteiger charge is 2.28. The van der Waals surface area contributed by atoms with Crippen LogP contribution in [0.3, 0.4) is 0 Å². The van der Waals surface area contributed by atoms with Gasteiger partial charge in [-0.2, -0.15) is 5.21 Å². The molecule has 21 heavy (non-hydrogen) atoms. The standard InChI is InChI=1S/C15H19N5O/c1-2-11-6-3-4-8-13(11)15(21)20-9-5-7-12(10-20)14-16-18-19-17-14/h3-4,6,8,12H,2,5,7,9-10H2,1H3,(H,16,17,18,19). The number of carbonyl (C=O) groups is 1. The summed E-state index contributed by atoms with van der Waals surface area (Å²) < 4.78 is 0. The Kier molecular flexibility index (Phi) is 3.94. The van der Waals surface area contributed by atoms with Crippen LogP contribution < -0.4 is 0 Å². The zero-order chi connectivity index (χ0) is 14.7. The average molecular weight is 285 g/mol. The first kappa shape index (κ1) is 13.7. The summed E-state index contributed by atoms with van der Waals surface area (Å²) in [7, 11) is 0. The number of aryl methyl sites for hydroxylation is 1. The SMILES string of the molecule is CCc1ccccc1C(=O)N1CCCC(c2nn[nH]n2)C1. The first-order valence-electron chi connectivity index (χ1n) is 7.40. The van der Waals surface area contributed by atoms with E-state index < -0.39 is 0 Å². The fourth-order valence-electron chi connectivity index (χ4n) is 2.92. The summed E-state index contributed by atoms with van der Waals surface area (Å²) in [6.07, 6.45) is 2.84. The molecule has 0 spiro atoms. The lowest BCUT2D eigenvalue weighted by Crippen LogP contribution is -2.39. The number of hydrogen-bond acceptors (Lipinski definition) is 4. The van der Waals surface area contributed by atoms with Crippen molar-refractivity contribution >= 4 is 5.91 Å². The molecule has 110 valence electrons. The van der Waals surface area contributed by atoms with Gasteiger partial charge in [0.05, 0.1) is 0 Å². The Morgan fingerprint density at radius 1 is 1.43 bits per heavy atom. The fraction of sp³-hybridized carbons (Fsp3) is 0.467. The maximum absolute atomic E-state index is 12.8. The molecule has 0 bridgehead atoms. The van der Waals surface area contributed by atoms with Crippen molar-refractivity contribution in [2.24, 2.45) is 0 Å². The topological polar surface area (TPSA) is 74.8 Å². The van der Waals surface area contributed by atoms with E-state index in [1.807, 2.05) is 29.2 Å². The molecule has 1 amide bonds. The van der Waals surface area contributed by atoms with E-state index in [0.717, 1.165) is 36.9 Å². The van der Waals surface area contributed by atoms with Crippen LogP contribution in [0.5, 0.6) is 0 Å². The number of piperidine rings is 1. The second-order valence-electron chi connectivity index (χ2n) is 5.37. The monoisotopic (exact) mass is 285 g/mol. The molecule has 2 heterocycles. The smallest absolute Gasteiger partial charge is 0.254 e. The molecule has 1 saturated heterocycles. The lowest BCUT2D eigenvalue weighted by Gasteiger charge is -2.31. The molecule has 1 atom stereocenters. The minimum atomic E-state index is 0.112. The third-order valence-electron chi connectivity index (χ3n) is 4.06. The average Bonchev–Trinajstić information content (AvgIpc) is 3.09. The molecule has 0 saturated carbocycles. The fourth-order valence-corrected chi connectivity index (χ4v) is 2.92. The van der Waals surface area contributed by atoms with Gasteiger partial charge in [0.15, 0.2) is 5.82 Å². The number of tetrazole rings is 1. The molecule has 1 fully saturated rings. The number of amides is 1. The van der Waals surface area contributed by atoms with E-state index in [2.05, 4.69) is 27.5 Å². The van der Waals surface area contributed by atoms with Crippen molar-refractivity contribution < 1.29 is 4.79 Å². The Bertz CT molecular complexity index is 610. The molecule has 2 aromatic rings. The molecule has 1 aromatic carbocycles. The number of H-pyrrole nitrogens is 1. The van der Waals surface area contributed by atoms with Crippen molar-refractivity contribution in [3.05, 3.63) is 41.2 Å². The number of likely N-dealkylation sites (tertiary alicyclic amines) is 1. The molecule has 6 heteroatoms. The summed E-state index contributed by atoms with van der Waals surface area (Å²) in [6.45, 7) is 3.53. The molecule has 0 radical (unpaired) electrons. The Labute approximate surface area is 123 Å². The normalized spacial score (nSPS) is 18.7. The van der Waals surface area contributed by atoms with Gasteiger partial charge in [-0.25, -0.2) is 0 Å². The minimum Gasteiger partial charge on any atom is -0.338 e. The number of nitrogens with one attached hydrogen (secondary N) is 1. The lowest BCUT2D eigenvalue weighted by molar-refractivity contribution is 0.0703. The molecule has 1 unspecified atom stereocenters. The lowest BCUT2D eigenvalue weighted by atomic mass is 9.96. The number of nitrogens with zero attached hydrogens (tertiary/aromatic N) is 4. The quantitative estimate of drug-likeness (QED) is 0.932. The predicted octanol–water partition coefficient (Wildman–Crippen LogP) is 1.78. The van der Waals surface area contributed by atoms with E-state index in [-0.39, 0.29) is 11.8 Å². The molecular weight excluding hydrogens is 266 g/mol. The van der Waals surface area contributed by atoms with E-state index in [1.54, 1.807) is 0 Å². The third kappa shape index (κ3) is 2.79. The van der Waals surface area contributed by atoms with Crippen LogP contribution in [-0.2, 0) is 6.42 Å². The number of aromatic nitrogens is 4. The van der Waals surface area contributed by atoms with Gasteiger partial charge < -0.3 is 4.90 Å². The highest BCUT2D eigenvalue weighted by atomic mass is 16.2. The van der Waals surface area contributed by atoms with Crippen LogP contribution in [0.25, 0.3) is 0 Å². The highest BCUT2D eigenvalue weighted by Crippen LogP contribution is 2.25. The third-order valence-corrected chi connectivity index (χ3v) is 4.06. The van der Waals surface area contributed by atoms with E-state index in [0.29, 0.717) is 12.4 Å². The van der Waals surface area contributed by atoms with Crippen molar-refractivity contribution in [2.75, 3.05) is 13.1 Å². The van der Waals surface area contributed by atoms with Gasteiger partial charge in [-0.05, 0) is 30.9 Å². The number of carbonyl (C=O) groups excluding carboxylic acids is 1. The van der Waals surface area contributed by atoms with Crippen LogP contribution >= 0.6 is 0 Å². The summed E-state index contributed by atoms with van der Waals surface area (Å²) >= 11 is 0. The van der Waals surface area contributed by atoms with Gasteiger partial charge in [-0.1, -0.05) is 30.3 Å². The Morgan fingerprint density at radius 2 is 2.29 bits per heavy atom. The van der Waals surface area contributed by atoms with Crippen molar-refractivity contribution in [1.29, 1.82) is 0 Å². The number of rotatable bonds is 3. The zero-order valence-electron chi connectivity index (χ0n) is 12.1. The molecule has 1 aliphatic heterocycles. The Morgan fingerprint density at radius 3 is 3.05 bits per heavy atom. The molecule has 1 N–H and O–H groups in total. The second-order valence-corrected chi connectivity index (χ2v) is 5.37. The van der Waals surface area contributed by atoms with Crippen LogP contribution in [0.2, 0.25) is 0 Å². The second kappa shape index (κ2) is 6.03. The van der Waals surface area contributed by atoms with E-state index >= 15 is 0 Å². The first-order valence-corrected chi connectivity index (χ1v) is 7.40. The minimum absolute atomic E-state index is 0.112. The van der Waals surface area contributed by atoms with Crippen LogP contribution in [0.4, 0.5) is 0 Å². The van der Waals surface area contributed by atoms with E-state index in [1.165, 1.54) is 0 Å². The highest BCUT2D eigenvalue weighted by molar-refractivity contribution is 5.95. The molecule has 0 aliphatic carbocycles. The predicted molar refractivity (Wildman–Crippen MR) is 77.9 cm³/mol. The zero-order valence-corrected chi connectivity index (χ0v) is 12.1. The van der Waals surface area contributed by atoms with Crippen LogP contribution in [0.1, 0.15) is 47.4 Å². The van der Waals surface area contributed by atoms with Crippen molar-refractivity contribution in [3.63, 3.8) is 0 Å². The van der Waals surface area contributed by atoms with E-state index in [9.17, 15) is 4.79 Å². The van der Waals surface area contributed by atoms with Gasteiger partial charge in [0, 0.05) is 24.6 Å². The summed E-state index contributed by atoms with van der Waals surface area (Å²) in [5, 5.41) is 14.2. The summed E-state index contributed by atoms with van der Waals surface area (Å²) in [4.78, 5) is 14.7. The van der Waals surface area contributed by atoms with Gasteiger partial charge in [0.1, 0.15) is 0 Å². The van der Waals surface area contributed by atoms with Crippen LogP contribution in [0, 0.1) is 0 Å². The van der Waals surface area contributed by atoms with Crippen LogP contribution in [-0.4, -0.2) is 44.5 Å². The van der Waals surface area contributed by atoms with Gasteiger partial charge in [0.25, 0.3) is 5.91 Å². The van der Waals surface area contributed by atoms with E-state index in [4.69, 9.17) is 0 Å². The maximum Gasteiger partial charge on any atom is 0.254 e. The number of hydrogen-bond donors (Lipinski definition) is 1. The summed E-state index contributed by atoms with van der Waals surface area (Å²) in [5.41, 5.74) is 1.91. The molecule has 6 nitrogen and oxygen atoms in total. The molecule has 1 aliphatic rings.